The second-order valence-corrected chi connectivity index (χ2v) is 1.42. The van der Waals surface area contributed by atoms with E-state index in [-0.39, 0.29) is 12.8 Å². The van der Waals surface area contributed by atoms with Crippen molar-refractivity contribution in [1.29, 1.82) is 0 Å². The van der Waals surface area contributed by atoms with Crippen molar-refractivity contribution in [1.82, 2.24) is 0 Å². The fraction of sp³-hybridized carbons (Fsp3) is 0.333. The minimum atomic E-state index is -0.892. The maximum atomic E-state index is 9.81. The zero-order valence-electron chi connectivity index (χ0n) is 4.83. The Bertz CT molecular complexity index is 126. The van der Waals surface area contributed by atoms with Crippen LogP contribution in [0.5, 0.6) is 0 Å². The van der Waals surface area contributed by atoms with Gasteiger partial charge in [-0.15, -0.1) is 0 Å². The number of hydrogen-bond donors (Lipinski definition) is 1. The Morgan fingerprint density at radius 3 is 2.67 bits per heavy atom. The maximum Gasteiger partial charge on any atom is 0.307 e. The molecule has 0 aromatic heterocycles. The van der Waals surface area contributed by atoms with Gasteiger partial charge in [0.1, 0.15) is 0 Å². The van der Waals surface area contributed by atoms with Gasteiger partial charge < -0.3 is 5.11 Å². The van der Waals surface area contributed by atoms with Crippen LogP contribution in [0.1, 0.15) is 12.8 Å². The van der Waals surface area contributed by atoms with Crippen LogP contribution in [0.3, 0.4) is 0 Å². The van der Waals surface area contributed by atoms with Crippen molar-refractivity contribution in [3.8, 4) is 0 Å². The second-order valence-electron chi connectivity index (χ2n) is 1.42. The van der Waals surface area contributed by atoms with Crippen LogP contribution in [0.25, 0.3) is 0 Å². The number of aliphatic carboxylic acids is 1. The van der Waals surface area contributed by atoms with Crippen LogP contribution in [0.4, 0.5) is 0 Å². The molecule has 0 aliphatic heterocycles. The molecule has 0 heterocycles. The number of allylic oxidation sites excluding steroid dienone is 1. The third-order valence-corrected chi connectivity index (χ3v) is 0.660. The molecule has 0 atom stereocenters. The molecule has 1 N–H and O–H groups in total. The van der Waals surface area contributed by atoms with Crippen molar-refractivity contribution in [2.45, 2.75) is 12.8 Å². The standard InChI is InChI=1S/C6H7O3/c7-5-3-1-2-4-6(8)9/h1-2H,3-4H2,(H,8,9). The molecule has 0 aliphatic carbocycles. The summed E-state index contributed by atoms with van der Waals surface area (Å²) in [5.41, 5.74) is 0. The zero-order chi connectivity index (χ0) is 7.11. The van der Waals surface area contributed by atoms with E-state index in [4.69, 9.17) is 5.11 Å². The molecule has 0 aromatic rings. The summed E-state index contributed by atoms with van der Waals surface area (Å²) in [6.45, 7) is 0. The normalized spacial score (nSPS) is 9.78. The Labute approximate surface area is 53.0 Å². The zero-order valence-corrected chi connectivity index (χ0v) is 4.83. The van der Waals surface area contributed by atoms with Crippen LogP contribution in [0, 0.1) is 0 Å². The first kappa shape index (κ1) is 7.88. The molecule has 3 heteroatoms. The average molecular weight is 127 g/mol. The topological polar surface area (TPSA) is 54.4 Å². The summed E-state index contributed by atoms with van der Waals surface area (Å²) in [6, 6.07) is 0. The summed E-state index contributed by atoms with van der Waals surface area (Å²) in [5, 5.41) is 8.06. The molecule has 0 saturated heterocycles. The Morgan fingerprint density at radius 1 is 1.56 bits per heavy atom. The first-order chi connectivity index (χ1) is 4.27. The van der Waals surface area contributed by atoms with Gasteiger partial charge in [-0.2, -0.15) is 0 Å². The quantitative estimate of drug-likeness (QED) is 0.560. The highest BCUT2D eigenvalue weighted by Gasteiger charge is 1.87. The van der Waals surface area contributed by atoms with Crippen molar-refractivity contribution >= 4 is 12.3 Å². The van der Waals surface area contributed by atoms with Gasteiger partial charge in [-0.1, -0.05) is 12.2 Å². The number of hydrogen-bond acceptors (Lipinski definition) is 2. The number of carbonyl (C=O) groups excluding carboxylic acids is 1. The van der Waals surface area contributed by atoms with E-state index in [1.165, 1.54) is 12.2 Å². The summed E-state index contributed by atoms with van der Waals surface area (Å²) in [5.74, 6) is -0.892. The SMILES string of the molecule is O=[C]CC=CCC(=O)O. The largest absolute Gasteiger partial charge is 0.481 e. The molecule has 0 amide bonds. The molecule has 0 aromatic carbocycles. The van der Waals surface area contributed by atoms with Gasteiger partial charge in [-0.3, -0.25) is 9.59 Å². The van der Waals surface area contributed by atoms with Gasteiger partial charge in [-0.25, -0.2) is 0 Å². The molecular weight excluding hydrogens is 120 g/mol. The number of carboxylic acid groups (broad SMARTS) is 1. The highest BCUT2D eigenvalue weighted by Crippen LogP contribution is 1.83. The van der Waals surface area contributed by atoms with E-state index in [0.29, 0.717) is 0 Å². The lowest BCUT2D eigenvalue weighted by atomic mass is 10.3. The molecule has 0 saturated carbocycles. The first-order valence-electron chi connectivity index (χ1n) is 2.49. The summed E-state index contributed by atoms with van der Waals surface area (Å²) >= 11 is 0. The summed E-state index contributed by atoms with van der Waals surface area (Å²) < 4.78 is 0. The lowest BCUT2D eigenvalue weighted by Crippen LogP contribution is -1.89. The van der Waals surface area contributed by atoms with Crippen molar-refractivity contribution in [2.24, 2.45) is 0 Å². The van der Waals surface area contributed by atoms with Gasteiger partial charge in [0.15, 0.2) is 0 Å². The second kappa shape index (κ2) is 5.03. The van der Waals surface area contributed by atoms with Crippen LogP contribution in [-0.2, 0) is 9.59 Å². The van der Waals surface area contributed by atoms with E-state index in [1.807, 2.05) is 0 Å². The molecule has 3 nitrogen and oxygen atoms in total. The fourth-order valence-electron chi connectivity index (χ4n) is 0.316. The summed E-state index contributed by atoms with van der Waals surface area (Å²) in [6.07, 6.45) is 4.66. The molecule has 0 fully saturated rings. The lowest BCUT2D eigenvalue weighted by molar-refractivity contribution is -0.136. The highest BCUT2D eigenvalue weighted by atomic mass is 16.4. The molecule has 0 unspecified atom stereocenters. The van der Waals surface area contributed by atoms with E-state index in [0.717, 1.165) is 0 Å². The van der Waals surface area contributed by atoms with E-state index >= 15 is 0 Å². The van der Waals surface area contributed by atoms with E-state index in [1.54, 1.807) is 6.29 Å². The van der Waals surface area contributed by atoms with Crippen LogP contribution >= 0.6 is 0 Å². The number of rotatable bonds is 4. The molecule has 0 aliphatic rings. The Kier molecular flexibility index (Phi) is 4.40. The maximum absolute atomic E-state index is 9.81. The van der Waals surface area contributed by atoms with Crippen LogP contribution in [-0.4, -0.2) is 17.4 Å². The van der Waals surface area contributed by atoms with Gasteiger partial charge in [-0.05, 0) is 0 Å². The van der Waals surface area contributed by atoms with Gasteiger partial charge in [0.25, 0.3) is 0 Å². The minimum absolute atomic E-state index is 0.0261. The third kappa shape index (κ3) is 6.88. The van der Waals surface area contributed by atoms with Gasteiger partial charge >= 0.3 is 5.97 Å². The van der Waals surface area contributed by atoms with Gasteiger partial charge in [0, 0.05) is 6.42 Å². The molecule has 9 heavy (non-hydrogen) atoms. The van der Waals surface area contributed by atoms with Crippen molar-refractivity contribution in [3.63, 3.8) is 0 Å². The molecular formula is C6H7O3. The molecule has 0 bridgehead atoms. The fourth-order valence-corrected chi connectivity index (χ4v) is 0.316. The number of carboxylic acids is 1. The summed E-state index contributed by atoms with van der Waals surface area (Å²) in [7, 11) is 0. The van der Waals surface area contributed by atoms with E-state index < -0.39 is 5.97 Å². The molecule has 1 radical (unpaired) electrons. The van der Waals surface area contributed by atoms with Gasteiger partial charge in [0.2, 0.25) is 6.29 Å². The molecule has 0 spiro atoms. The first-order valence-corrected chi connectivity index (χ1v) is 2.49. The van der Waals surface area contributed by atoms with E-state index in [2.05, 4.69) is 0 Å². The smallest absolute Gasteiger partial charge is 0.307 e. The summed E-state index contributed by atoms with van der Waals surface area (Å²) in [4.78, 5) is 19.3. The lowest BCUT2D eigenvalue weighted by Gasteiger charge is -1.79. The third-order valence-electron chi connectivity index (χ3n) is 0.660. The Morgan fingerprint density at radius 2 is 2.22 bits per heavy atom. The monoisotopic (exact) mass is 127 g/mol. The molecule has 49 valence electrons. The van der Waals surface area contributed by atoms with Crippen LogP contribution in [0.15, 0.2) is 12.2 Å². The highest BCUT2D eigenvalue weighted by molar-refractivity contribution is 5.68. The van der Waals surface area contributed by atoms with Crippen LogP contribution in [0.2, 0.25) is 0 Å². The predicted molar refractivity (Wildman–Crippen MR) is 31.7 cm³/mol. The van der Waals surface area contributed by atoms with Gasteiger partial charge in [0.05, 0.1) is 6.42 Å². The van der Waals surface area contributed by atoms with Crippen molar-refractivity contribution in [2.75, 3.05) is 0 Å². The predicted octanol–water partition coefficient (Wildman–Crippen LogP) is 0.517. The Balaban J connectivity index is 3.24. The van der Waals surface area contributed by atoms with E-state index in [9.17, 15) is 9.59 Å². The average Bonchev–Trinajstić information content (AvgIpc) is 1.80. The number of carbonyl (C=O) groups is 1. The molecule has 0 rings (SSSR count). The van der Waals surface area contributed by atoms with Crippen molar-refractivity contribution in [3.05, 3.63) is 12.2 Å². The minimum Gasteiger partial charge on any atom is -0.481 e. The Hall–Kier alpha value is -1.12. The van der Waals surface area contributed by atoms with Crippen molar-refractivity contribution < 1.29 is 14.7 Å². The van der Waals surface area contributed by atoms with Crippen LogP contribution < -0.4 is 0 Å².